The summed E-state index contributed by atoms with van der Waals surface area (Å²) in [7, 11) is 4.84. The Hall–Kier alpha value is -4.14. The van der Waals surface area contributed by atoms with Gasteiger partial charge in [0.15, 0.2) is 11.5 Å². The van der Waals surface area contributed by atoms with Gasteiger partial charge in [-0.15, -0.1) is 0 Å². The number of rotatable bonds is 5. The van der Waals surface area contributed by atoms with E-state index in [4.69, 9.17) is 24.9 Å². The number of fused-ring (bicyclic) bond motifs is 2. The van der Waals surface area contributed by atoms with Crippen LogP contribution in [0.15, 0.2) is 42.7 Å². The van der Waals surface area contributed by atoms with Gasteiger partial charge in [0.1, 0.15) is 12.1 Å². The summed E-state index contributed by atoms with van der Waals surface area (Å²) in [6.07, 6.45) is 2.24. The molecule has 0 saturated heterocycles. The summed E-state index contributed by atoms with van der Waals surface area (Å²) in [5.74, 6) is 2.70. The fourth-order valence-corrected chi connectivity index (χ4v) is 4.32. The highest BCUT2D eigenvalue weighted by Crippen LogP contribution is 2.45. The molecule has 5 rings (SSSR count). The van der Waals surface area contributed by atoms with Crippen LogP contribution in [-0.2, 0) is 13.0 Å². The van der Waals surface area contributed by atoms with Crippen molar-refractivity contribution in [2.24, 2.45) is 0 Å². The monoisotopic (exact) mass is 444 g/mol. The van der Waals surface area contributed by atoms with Crippen LogP contribution in [0.25, 0.3) is 22.0 Å². The Morgan fingerprint density at radius 2 is 1.79 bits per heavy atom. The molecule has 0 fully saturated rings. The van der Waals surface area contributed by atoms with Crippen molar-refractivity contribution in [2.75, 3.05) is 38.5 Å². The largest absolute Gasteiger partial charge is 0.493 e. The summed E-state index contributed by atoms with van der Waals surface area (Å²) in [5, 5.41) is 0.726. The molecule has 0 bridgehead atoms. The minimum Gasteiger partial charge on any atom is -0.493 e. The number of benzene rings is 2. The molecule has 4 aromatic rings. The highest BCUT2D eigenvalue weighted by Gasteiger charge is 2.26. The zero-order chi connectivity index (χ0) is 22.9. The van der Waals surface area contributed by atoms with Gasteiger partial charge in [-0.25, -0.2) is 15.0 Å². The van der Waals surface area contributed by atoms with E-state index in [2.05, 4.69) is 19.9 Å². The minimum atomic E-state index is 0.376. The second-order valence-electron chi connectivity index (χ2n) is 7.64. The molecular formula is C24H24N6O3. The summed E-state index contributed by atoms with van der Waals surface area (Å²) < 4.78 is 16.7. The molecule has 2 aromatic carbocycles. The van der Waals surface area contributed by atoms with Crippen LogP contribution in [0.4, 0.5) is 11.8 Å². The number of nitrogens with two attached hydrogens (primary N) is 1. The van der Waals surface area contributed by atoms with E-state index in [0.717, 1.165) is 34.2 Å². The number of anilines is 2. The molecule has 2 aromatic heterocycles. The van der Waals surface area contributed by atoms with Crippen LogP contribution in [0, 0.1) is 0 Å². The lowest BCUT2D eigenvalue weighted by atomic mass is 9.99. The van der Waals surface area contributed by atoms with Gasteiger partial charge in [0, 0.05) is 23.7 Å². The molecule has 9 heteroatoms. The van der Waals surface area contributed by atoms with E-state index in [9.17, 15) is 0 Å². The molecule has 1 aliphatic rings. The molecular weight excluding hydrogens is 420 g/mol. The lowest BCUT2D eigenvalue weighted by molar-refractivity contribution is 0.357. The molecule has 0 amide bonds. The summed E-state index contributed by atoms with van der Waals surface area (Å²) in [4.78, 5) is 20.3. The van der Waals surface area contributed by atoms with Crippen LogP contribution in [-0.4, -0.2) is 47.8 Å². The molecule has 0 unspecified atom stereocenters. The summed E-state index contributed by atoms with van der Waals surface area (Å²) in [6, 6.07) is 11.7. The van der Waals surface area contributed by atoms with Gasteiger partial charge in [-0.3, -0.25) is 0 Å². The molecule has 1 aliphatic heterocycles. The molecule has 0 radical (unpaired) electrons. The van der Waals surface area contributed by atoms with Crippen molar-refractivity contribution in [1.82, 2.24) is 19.9 Å². The third kappa shape index (κ3) is 3.51. The predicted octanol–water partition coefficient (Wildman–Crippen LogP) is 3.26. The highest BCUT2D eigenvalue weighted by molar-refractivity contribution is 6.05. The second kappa shape index (κ2) is 8.42. The van der Waals surface area contributed by atoms with E-state index in [0.29, 0.717) is 47.8 Å². The average molecular weight is 444 g/mol. The number of hydrogen-bond donors (Lipinski definition) is 1. The second-order valence-corrected chi connectivity index (χ2v) is 7.64. The molecule has 0 aliphatic carbocycles. The van der Waals surface area contributed by atoms with E-state index in [1.807, 2.05) is 36.4 Å². The topological polar surface area (TPSA) is 109 Å². The summed E-state index contributed by atoms with van der Waals surface area (Å²) in [6.45, 7) is 1.23. The van der Waals surface area contributed by atoms with Gasteiger partial charge < -0.3 is 24.8 Å². The number of nitrogen functional groups attached to an aromatic ring is 1. The Morgan fingerprint density at radius 3 is 2.52 bits per heavy atom. The Labute approximate surface area is 191 Å². The fourth-order valence-electron chi connectivity index (χ4n) is 4.32. The SMILES string of the molecule is COc1cc2nc(N3CCc4c(ncnc4OC)C3)nc(N)c2c(-c2ccccc2)c1OC. The number of hydrogen-bond acceptors (Lipinski definition) is 9. The average Bonchev–Trinajstić information content (AvgIpc) is 2.87. The van der Waals surface area contributed by atoms with Crippen molar-refractivity contribution in [1.29, 1.82) is 0 Å². The van der Waals surface area contributed by atoms with Crippen LogP contribution in [0.1, 0.15) is 11.3 Å². The number of ether oxygens (including phenoxy) is 3. The van der Waals surface area contributed by atoms with Crippen LogP contribution in [0.2, 0.25) is 0 Å². The molecule has 0 atom stereocenters. The van der Waals surface area contributed by atoms with Crippen LogP contribution in [0.5, 0.6) is 17.4 Å². The smallest absolute Gasteiger partial charge is 0.228 e. The molecule has 0 saturated carbocycles. The van der Waals surface area contributed by atoms with E-state index < -0.39 is 0 Å². The fraction of sp³-hybridized carbons (Fsp3) is 0.250. The Morgan fingerprint density at radius 1 is 0.970 bits per heavy atom. The van der Waals surface area contributed by atoms with Crippen molar-refractivity contribution >= 4 is 22.7 Å². The molecule has 0 spiro atoms. The zero-order valence-electron chi connectivity index (χ0n) is 18.7. The maximum absolute atomic E-state index is 6.54. The van der Waals surface area contributed by atoms with E-state index in [1.54, 1.807) is 21.3 Å². The Kier molecular flexibility index (Phi) is 5.29. The number of nitrogens with zero attached hydrogens (tertiary/aromatic N) is 5. The summed E-state index contributed by atoms with van der Waals surface area (Å²) in [5.41, 5.74) is 10.9. The van der Waals surface area contributed by atoms with Crippen molar-refractivity contribution in [3.8, 4) is 28.5 Å². The maximum Gasteiger partial charge on any atom is 0.228 e. The van der Waals surface area contributed by atoms with Crippen LogP contribution < -0.4 is 24.8 Å². The van der Waals surface area contributed by atoms with Crippen molar-refractivity contribution in [2.45, 2.75) is 13.0 Å². The van der Waals surface area contributed by atoms with E-state index in [1.165, 1.54) is 6.33 Å². The van der Waals surface area contributed by atoms with E-state index >= 15 is 0 Å². The third-order valence-electron chi connectivity index (χ3n) is 5.85. The Balaban J connectivity index is 1.65. The minimum absolute atomic E-state index is 0.376. The molecule has 3 heterocycles. The van der Waals surface area contributed by atoms with Gasteiger partial charge in [0.05, 0.1) is 44.5 Å². The van der Waals surface area contributed by atoms with Crippen molar-refractivity contribution in [3.63, 3.8) is 0 Å². The van der Waals surface area contributed by atoms with Gasteiger partial charge in [-0.1, -0.05) is 30.3 Å². The highest BCUT2D eigenvalue weighted by atomic mass is 16.5. The summed E-state index contributed by atoms with van der Waals surface area (Å²) >= 11 is 0. The van der Waals surface area contributed by atoms with Crippen molar-refractivity contribution < 1.29 is 14.2 Å². The maximum atomic E-state index is 6.54. The van der Waals surface area contributed by atoms with Gasteiger partial charge in [-0.2, -0.15) is 4.98 Å². The van der Waals surface area contributed by atoms with Gasteiger partial charge in [-0.05, 0) is 12.0 Å². The van der Waals surface area contributed by atoms with E-state index in [-0.39, 0.29) is 0 Å². The molecule has 9 nitrogen and oxygen atoms in total. The van der Waals surface area contributed by atoms with Gasteiger partial charge in [0.25, 0.3) is 0 Å². The first-order valence-corrected chi connectivity index (χ1v) is 10.5. The zero-order valence-corrected chi connectivity index (χ0v) is 18.7. The lowest BCUT2D eigenvalue weighted by Crippen LogP contribution is -2.33. The van der Waals surface area contributed by atoms with Crippen LogP contribution in [0.3, 0.4) is 0 Å². The molecule has 168 valence electrons. The quantitative estimate of drug-likeness (QED) is 0.496. The third-order valence-corrected chi connectivity index (χ3v) is 5.85. The first kappa shape index (κ1) is 20.7. The first-order chi connectivity index (χ1) is 16.1. The normalized spacial score (nSPS) is 13.0. The molecule has 33 heavy (non-hydrogen) atoms. The first-order valence-electron chi connectivity index (χ1n) is 10.5. The number of methoxy groups -OCH3 is 3. The van der Waals surface area contributed by atoms with Crippen LogP contribution >= 0.6 is 0 Å². The van der Waals surface area contributed by atoms with Gasteiger partial charge in [0.2, 0.25) is 11.8 Å². The molecule has 2 N–H and O–H groups in total. The lowest BCUT2D eigenvalue weighted by Gasteiger charge is -2.29. The Bertz CT molecular complexity index is 1330. The standard InChI is InChI=1S/C24H24N6O3/c1-31-18-11-16-20(19(21(18)32-2)14-7-5-4-6-8-14)22(25)29-24(28-16)30-10-9-15-17(12-30)26-13-27-23(15)33-3/h4-8,11,13H,9-10,12H2,1-3H3,(H2,25,28,29). The number of aromatic nitrogens is 4. The van der Waals surface area contributed by atoms with Crippen molar-refractivity contribution in [3.05, 3.63) is 54.0 Å². The predicted molar refractivity (Wildman–Crippen MR) is 126 cm³/mol. The van der Waals surface area contributed by atoms with Gasteiger partial charge >= 0.3 is 0 Å².